The van der Waals surface area contributed by atoms with Gasteiger partial charge in [-0.2, -0.15) is 0 Å². The van der Waals surface area contributed by atoms with E-state index < -0.39 is 0 Å². The Balaban J connectivity index is 1.82. The Bertz CT molecular complexity index is 1770. The number of fused-ring (bicyclic) bond motifs is 5. The molecule has 1 aliphatic carbocycles. The van der Waals surface area contributed by atoms with Crippen LogP contribution in [0, 0.1) is 0 Å². The molecule has 0 aromatic heterocycles. The number of rotatable bonds is 5. The largest absolute Gasteiger partial charge is 0.0991 e. The minimum absolute atomic E-state index is 0.0658. The van der Waals surface area contributed by atoms with E-state index in [0.29, 0.717) is 0 Å². The van der Waals surface area contributed by atoms with Crippen LogP contribution in [0.1, 0.15) is 36.1 Å². The number of allylic oxidation sites excluding steroid dienone is 4. The van der Waals surface area contributed by atoms with Gasteiger partial charge in [-0.3, -0.25) is 0 Å². The van der Waals surface area contributed by atoms with Crippen LogP contribution in [0.5, 0.6) is 0 Å². The second-order valence-corrected chi connectivity index (χ2v) is 10.2. The molecule has 1 aliphatic rings. The third-order valence-electron chi connectivity index (χ3n) is 7.84. The van der Waals surface area contributed by atoms with Gasteiger partial charge < -0.3 is 0 Å². The molecule has 0 fully saturated rings. The maximum Gasteiger partial charge on any atom is 0.0159 e. The summed E-state index contributed by atoms with van der Waals surface area (Å²) in [6.45, 7) is 12.6. The lowest BCUT2D eigenvalue weighted by Gasteiger charge is -2.23. The van der Waals surface area contributed by atoms with Crippen molar-refractivity contribution in [2.24, 2.45) is 0 Å². The van der Waals surface area contributed by atoms with Gasteiger partial charge in [0.1, 0.15) is 0 Å². The van der Waals surface area contributed by atoms with Crippen LogP contribution in [-0.2, 0) is 5.41 Å². The van der Waals surface area contributed by atoms with Crippen molar-refractivity contribution in [3.8, 4) is 22.3 Å². The van der Waals surface area contributed by atoms with Crippen LogP contribution >= 0.6 is 0 Å². The highest BCUT2D eigenvalue weighted by Gasteiger charge is 2.36. The van der Waals surface area contributed by atoms with E-state index in [1.165, 1.54) is 60.5 Å². The van der Waals surface area contributed by atoms with Crippen LogP contribution in [0.4, 0.5) is 0 Å². The summed E-state index contributed by atoms with van der Waals surface area (Å²) in [5.41, 5.74) is 10.3. The lowest BCUT2D eigenvalue weighted by molar-refractivity contribution is 0.661. The van der Waals surface area contributed by atoms with Crippen LogP contribution in [-0.4, -0.2) is 0 Å². The highest BCUT2D eigenvalue weighted by atomic mass is 14.4. The molecular formula is C37H30. The second-order valence-electron chi connectivity index (χ2n) is 10.2. The van der Waals surface area contributed by atoms with Crippen molar-refractivity contribution in [3.63, 3.8) is 0 Å². The molecule has 178 valence electrons. The van der Waals surface area contributed by atoms with Crippen molar-refractivity contribution in [1.82, 2.24) is 0 Å². The van der Waals surface area contributed by atoms with Gasteiger partial charge in [-0.15, -0.1) is 0 Å². The van der Waals surface area contributed by atoms with Gasteiger partial charge in [-0.1, -0.05) is 136 Å². The summed E-state index contributed by atoms with van der Waals surface area (Å²) in [7, 11) is 0. The van der Waals surface area contributed by atoms with Gasteiger partial charge >= 0.3 is 0 Å². The summed E-state index contributed by atoms with van der Waals surface area (Å²) in [6.07, 6.45) is 12.1. The van der Waals surface area contributed by atoms with E-state index in [2.05, 4.69) is 124 Å². The molecule has 0 saturated heterocycles. The normalized spacial score (nSPS) is 13.9. The third-order valence-corrected chi connectivity index (χ3v) is 7.84. The first-order chi connectivity index (χ1) is 18.1. The van der Waals surface area contributed by atoms with Gasteiger partial charge in [0, 0.05) is 5.41 Å². The van der Waals surface area contributed by atoms with Crippen molar-refractivity contribution < 1.29 is 0 Å². The summed E-state index contributed by atoms with van der Waals surface area (Å²) >= 11 is 0. The molecule has 0 atom stereocenters. The van der Waals surface area contributed by atoms with Crippen molar-refractivity contribution in [3.05, 3.63) is 145 Å². The molecule has 0 amide bonds. The van der Waals surface area contributed by atoms with Crippen LogP contribution in [0.25, 0.3) is 56.0 Å². The van der Waals surface area contributed by atoms with E-state index in [-0.39, 0.29) is 5.41 Å². The summed E-state index contributed by atoms with van der Waals surface area (Å²) in [6, 6.07) is 31.2. The van der Waals surface area contributed by atoms with Crippen molar-refractivity contribution in [2.45, 2.75) is 19.3 Å². The van der Waals surface area contributed by atoms with Crippen LogP contribution in [0.2, 0.25) is 0 Å². The van der Waals surface area contributed by atoms with E-state index in [0.717, 1.165) is 5.56 Å². The number of benzene rings is 5. The number of hydrogen-bond acceptors (Lipinski definition) is 0. The average Bonchev–Trinajstić information content (AvgIpc) is 3.15. The van der Waals surface area contributed by atoms with Crippen LogP contribution in [0.3, 0.4) is 0 Å². The molecule has 0 heteroatoms. The molecule has 0 nitrogen and oxygen atoms in total. The minimum Gasteiger partial charge on any atom is -0.0991 e. The molecule has 6 rings (SSSR count). The highest BCUT2D eigenvalue weighted by Crippen LogP contribution is 2.52. The van der Waals surface area contributed by atoms with E-state index in [1.807, 2.05) is 24.3 Å². The monoisotopic (exact) mass is 474 g/mol. The SMILES string of the molecule is C=C/C=C\C=C/c1c2ccccc2c(-c2ccccc2C=C)c2cc3c(cc12)-c1ccccc1C3(C)C. The summed E-state index contributed by atoms with van der Waals surface area (Å²) in [5.74, 6) is 0. The molecule has 0 saturated carbocycles. The zero-order chi connectivity index (χ0) is 25.6. The maximum absolute atomic E-state index is 4.13. The van der Waals surface area contributed by atoms with Crippen molar-refractivity contribution in [1.29, 1.82) is 0 Å². The Kier molecular flexibility index (Phi) is 5.54. The molecule has 0 unspecified atom stereocenters. The van der Waals surface area contributed by atoms with Gasteiger partial charge in [0.15, 0.2) is 0 Å². The van der Waals surface area contributed by atoms with Gasteiger partial charge in [0.25, 0.3) is 0 Å². The zero-order valence-electron chi connectivity index (χ0n) is 21.5. The standard InChI is InChI=1S/C37H30/c1-5-7-8-9-18-28-27-19-12-13-21-30(27)36(26-17-11-10-16-25(26)6-2)33-24-35-32(23-31(28)33)29-20-14-15-22-34(29)37(35,3)4/h5-24H,1-2H2,3-4H3/b8-7-,18-9-. The minimum atomic E-state index is -0.0658. The van der Waals surface area contributed by atoms with Crippen molar-refractivity contribution in [2.75, 3.05) is 0 Å². The first-order valence-corrected chi connectivity index (χ1v) is 12.9. The molecule has 5 aromatic carbocycles. The smallest absolute Gasteiger partial charge is 0.0159 e. The molecule has 0 N–H and O–H groups in total. The molecule has 0 heterocycles. The second kappa shape index (κ2) is 8.91. The Morgan fingerprint density at radius 1 is 0.595 bits per heavy atom. The molecule has 0 spiro atoms. The van der Waals surface area contributed by atoms with Crippen LogP contribution < -0.4 is 0 Å². The molecule has 0 radical (unpaired) electrons. The maximum atomic E-state index is 4.13. The average molecular weight is 475 g/mol. The van der Waals surface area contributed by atoms with Crippen molar-refractivity contribution >= 4 is 33.7 Å². The van der Waals surface area contributed by atoms with E-state index in [9.17, 15) is 0 Å². The fraction of sp³-hybridized carbons (Fsp3) is 0.0811. The summed E-state index contributed by atoms with van der Waals surface area (Å²) in [4.78, 5) is 0. The Morgan fingerprint density at radius 2 is 1.30 bits per heavy atom. The Morgan fingerprint density at radius 3 is 2.08 bits per heavy atom. The Hall–Kier alpha value is -4.42. The lowest BCUT2D eigenvalue weighted by Crippen LogP contribution is -2.14. The predicted octanol–water partition coefficient (Wildman–Crippen LogP) is 10.4. The fourth-order valence-electron chi connectivity index (χ4n) is 6.07. The molecular weight excluding hydrogens is 444 g/mol. The van der Waals surface area contributed by atoms with E-state index in [4.69, 9.17) is 0 Å². The highest BCUT2D eigenvalue weighted by molar-refractivity contribution is 6.19. The van der Waals surface area contributed by atoms with Gasteiger partial charge in [0.05, 0.1) is 0 Å². The number of hydrogen-bond donors (Lipinski definition) is 0. The lowest BCUT2D eigenvalue weighted by atomic mass is 9.80. The van der Waals surface area contributed by atoms with Gasteiger partial charge in [0.2, 0.25) is 0 Å². The van der Waals surface area contributed by atoms with Gasteiger partial charge in [-0.25, -0.2) is 0 Å². The van der Waals surface area contributed by atoms with E-state index in [1.54, 1.807) is 0 Å². The molecule has 0 aliphatic heterocycles. The first-order valence-electron chi connectivity index (χ1n) is 12.9. The summed E-state index contributed by atoms with van der Waals surface area (Å²) < 4.78 is 0. The topological polar surface area (TPSA) is 0 Å². The van der Waals surface area contributed by atoms with Gasteiger partial charge in [-0.05, 0) is 78.2 Å². The molecule has 0 bridgehead atoms. The fourth-order valence-corrected chi connectivity index (χ4v) is 6.07. The third kappa shape index (κ3) is 3.52. The molecule has 5 aromatic rings. The quantitative estimate of drug-likeness (QED) is 0.175. The van der Waals surface area contributed by atoms with Crippen LogP contribution in [0.15, 0.2) is 122 Å². The Labute approximate surface area is 219 Å². The molecule has 37 heavy (non-hydrogen) atoms. The predicted molar refractivity (Wildman–Crippen MR) is 163 cm³/mol. The van der Waals surface area contributed by atoms with E-state index >= 15 is 0 Å². The first kappa shape index (κ1) is 23.0. The summed E-state index contributed by atoms with van der Waals surface area (Å²) in [5, 5.41) is 5.05. The zero-order valence-corrected chi connectivity index (χ0v) is 21.5.